The number of hydrogen-bond acceptors (Lipinski definition) is 5. The molecule has 0 radical (unpaired) electrons. The Kier molecular flexibility index (Phi) is 5.24. The zero-order valence-corrected chi connectivity index (χ0v) is 12.1. The smallest absolute Gasteiger partial charge is 0.271 e. The number of benzene rings is 1. The Morgan fingerprint density at radius 3 is 3.00 bits per heavy atom. The second kappa shape index (κ2) is 7.14. The molecule has 21 heavy (non-hydrogen) atoms. The first-order chi connectivity index (χ1) is 10.1. The van der Waals surface area contributed by atoms with Crippen LogP contribution in [0.3, 0.4) is 0 Å². The fourth-order valence-corrected chi connectivity index (χ4v) is 2.31. The molecule has 0 bridgehead atoms. The average molecular weight is 292 g/mol. The Morgan fingerprint density at radius 2 is 2.24 bits per heavy atom. The number of anilines is 1. The molecule has 7 nitrogen and oxygen atoms in total. The minimum Gasteiger partial charge on any atom is -0.324 e. The van der Waals surface area contributed by atoms with E-state index in [0.717, 1.165) is 38.2 Å². The number of nitro groups is 1. The monoisotopic (exact) mass is 292 g/mol. The first-order valence-corrected chi connectivity index (χ1v) is 7.04. The van der Waals surface area contributed by atoms with Crippen molar-refractivity contribution in [3.8, 4) is 0 Å². The lowest BCUT2D eigenvalue weighted by Crippen LogP contribution is -2.35. The molecular weight excluding hydrogens is 272 g/mol. The topological polar surface area (TPSA) is 87.5 Å². The van der Waals surface area contributed by atoms with Crippen molar-refractivity contribution in [2.24, 2.45) is 0 Å². The molecular formula is C14H20N4O3. The van der Waals surface area contributed by atoms with E-state index in [1.54, 1.807) is 6.07 Å². The SMILES string of the molecule is Cc1ccc([N+](=O)[O-])cc1NC(=O)CN1CCCNCC1. The molecule has 1 saturated heterocycles. The van der Waals surface area contributed by atoms with Gasteiger partial charge in [0.25, 0.3) is 5.69 Å². The van der Waals surface area contributed by atoms with E-state index in [9.17, 15) is 14.9 Å². The molecule has 0 spiro atoms. The Hall–Kier alpha value is -1.99. The van der Waals surface area contributed by atoms with Crippen molar-refractivity contribution in [1.29, 1.82) is 0 Å². The summed E-state index contributed by atoms with van der Waals surface area (Å²) < 4.78 is 0. The van der Waals surface area contributed by atoms with Gasteiger partial charge in [0.15, 0.2) is 0 Å². The zero-order valence-electron chi connectivity index (χ0n) is 12.1. The van der Waals surface area contributed by atoms with Gasteiger partial charge in [0, 0.05) is 25.2 Å². The summed E-state index contributed by atoms with van der Waals surface area (Å²) in [4.78, 5) is 24.5. The van der Waals surface area contributed by atoms with Gasteiger partial charge in [-0.15, -0.1) is 0 Å². The lowest BCUT2D eigenvalue weighted by Gasteiger charge is -2.19. The number of hydrogen-bond donors (Lipinski definition) is 2. The van der Waals surface area contributed by atoms with Gasteiger partial charge in [-0.25, -0.2) is 0 Å². The highest BCUT2D eigenvalue weighted by atomic mass is 16.6. The number of rotatable bonds is 4. The second-order valence-electron chi connectivity index (χ2n) is 5.18. The second-order valence-corrected chi connectivity index (χ2v) is 5.18. The van der Waals surface area contributed by atoms with Gasteiger partial charge in [0.2, 0.25) is 5.91 Å². The van der Waals surface area contributed by atoms with Crippen molar-refractivity contribution in [1.82, 2.24) is 10.2 Å². The summed E-state index contributed by atoms with van der Waals surface area (Å²) in [7, 11) is 0. The predicted octanol–water partition coefficient (Wildman–Crippen LogP) is 1.14. The van der Waals surface area contributed by atoms with Crippen LogP contribution in [-0.4, -0.2) is 48.5 Å². The molecule has 0 unspecified atom stereocenters. The van der Waals surface area contributed by atoms with Crippen molar-refractivity contribution < 1.29 is 9.72 Å². The lowest BCUT2D eigenvalue weighted by molar-refractivity contribution is -0.384. The molecule has 1 fully saturated rings. The minimum absolute atomic E-state index is 0.0186. The number of nitrogens with zero attached hydrogens (tertiary/aromatic N) is 2. The quantitative estimate of drug-likeness (QED) is 0.642. The molecule has 0 aliphatic carbocycles. The normalized spacial score (nSPS) is 16.2. The highest BCUT2D eigenvalue weighted by Crippen LogP contribution is 2.21. The molecule has 0 atom stereocenters. The first kappa shape index (κ1) is 15.4. The molecule has 1 aromatic carbocycles. The maximum atomic E-state index is 12.1. The molecule has 1 heterocycles. The van der Waals surface area contributed by atoms with Crippen LogP contribution in [-0.2, 0) is 4.79 Å². The number of aryl methyl sites for hydroxylation is 1. The highest BCUT2D eigenvalue weighted by molar-refractivity contribution is 5.93. The Morgan fingerprint density at radius 1 is 1.43 bits per heavy atom. The summed E-state index contributed by atoms with van der Waals surface area (Å²) in [5, 5.41) is 16.8. The fourth-order valence-electron chi connectivity index (χ4n) is 2.31. The molecule has 1 aliphatic rings. The van der Waals surface area contributed by atoms with Crippen molar-refractivity contribution >= 4 is 17.3 Å². The summed E-state index contributed by atoms with van der Waals surface area (Å²) in [6, 6.07) is 4.48. The van der Waals surface area contributed by atoms with E-state index < -0.39 is 4.92 Å². The van der Waals surface area contributed by atoms with E-state index in [0.29, 0.717) is 12.2 Å². The maximum Gasteiger partial charge on any atom is 0.271 e. The summed E-state index contributed by atoms with van der Waals surface area (Å²) in [6.07, 6.45) is 1.02. The van der Waals surface area contributed by atoms with Crippen molar-refractivity contribution in [3.05, 3.63) is 33.9 Å². The fraction of sp³-hybridized carbons (Fsp3) is 0.500. The van der Waals surface area contributed by atoms with Crippen LogP contribution in [0, 0.1) is 17.0 Å². The molecule has 0 saturated carbocycles. The molecule has 7 heteroatoms. The maximum absolute atomic E-state index is 12.1. The van der Waals surface area contributed by atoms with Crippen LogP contribution in [0.2, 0.25) is 0 Å². The first-order valence-electron chi connectivity index (χ1n) is 7.04. The molecule has 1 aliphatic heterocycles. The van der Waals surface area contributed by atoms with Gasteiger partial charge in [-0.1, -0.05) is 6.07 Å². The number of non-ortho nitro benzene ring substituents is 1. The summed E-state index contributed by atoms with van der Waals surface area (Å²) in [5.41, 5.74) is 1.29. The molecule has 0 aromatic heterocycles. The van der Waals surface area contributed by atoms with Gasteiger partial charge < -0.3 is 10.6 Å². The third-order valence-electron chi connectivity index (χ3n) is 3.51. The number of carbonyl (C=O) groups excluding carboxylic acids is 1. The van der Waals surface area contributed by atoms with E-state index in [2.05, 4.69) is 15.5 Å². The van der Waals surface area contributed by atoms with Crippen molar-refractivity contribution in [3.63, 3.8) is 0 Å². The number of amides is 1. The van der Waals surface area contributed by atoms with E-state index >= 15 is 0 Å². The predicted molar refractivity (Wildman–Crippen MR) is 80.4 cm³/mol. The van der Waals surface area contributed by atoms with Gasteiger partial charge in [0.05, 0.1) is 17.2 Å². The van der Waals surface area contributed by atoms with E-state index in [1.807, 2.05) is 6.92 Å². The minimum atomic E-state index is -0.463. The van der Waals surface area contributed by atoms with E-state index in [-0.39, 0.29) is 11.6 Å². The Balaban J connectivity index is 1.98. The van der Waals surface area contributed by atoms with Gasteiger partial charge in [0.1, 0.15) is 0 Å². The number of nitrogens with one attached hydrogen (secondary N) is 2. The lowest BCUT2D eigenvalue weighted by atomic mass is 10.2. The molecule has 1 aromatic rings. The Bertz CT molecular complexity index is 525. The van der Waals surface area contributed by atoms with Crippen molar-refractivity contribution in [2.75, 3.05) is 38.0 Å². The van der Waals surface area contributed by atoms with Crippen LogP contribution >= 0.6 is 0 Å². The van der Waals surface area contributed by atoms with Gasteiger partial charge in [-0.3, -0.25) is 19.8 Å². The highest BCUT2D eigenvalue weighted by Gasteiger charge is 2.15. The standard InChI is InChI=1S/C14H20N4O3/c1-11-3-4-12(18(20)21)9-13(11)16-14(19)10-17-7-2-5-15-6-8-17/h3-4,9,15H,2,5-8,10H2,1H3,(H,16,19). The van der Waals surface area contributed by atoms with Crippen LogP contribution in [0.5, 0.6) is 0 Å². The van der Waals surface area contributed by atoms with Gasteiger partial charge in [-0.2, -0.15) is 0 Å². The largest absolute Gasteiger partial charge is 0.324 e. The summed E-state index contributed by atoms with van der Waals surface area (Å²) >= 11 is 0. The number of carbonyl (C=O) groups is 1. The van der Waals surface area contributed by atoms with Crippen LogP contribution in [0.15, 0.2) is 18.2 Å². The summed E-state index contributed by atoms with van der Waals surface area (Å²) in [6.45, 7) is 5.69. The van der Waals surface area contributed by atoms with E-state index in [4.69, 9.17) is 0 Å². The van der Waals surface area contributed by atoms with Gasteiger partial charge in [-0.05, 0) is 32.0 Å². The van der Waals surface area contributed by atoms with Crippen LogP contribution in [0.1, 0.15) is 12.0 Å². The van der Waals surface area contributed by atoms with Crippen molar-refractivity contribution in [2.45, 2.75) is 13.3 Å². The van der Waals surface area contributed by atoms with Crippen LogP contribution in [0.4, 0.5) is 11.4 Å². The van der Waals surface area contributed by atoms with Crippen LogP contribution in [0.25, 0.3) is 0 Å². The molecule has 1 amide bonds. The van der Waals surface area contributed by atoms with Gasteiger partial charge >= 0.3 is 0 Å². The van der Waals surface area contributed by atoms with Crippen LogP contribution < -0.4 is 10.6 Å². The summed E-state index contributed by atoms with van der Waals surface area (Å²) in [5.74, 6) is -0.138. The van der Waals surface area contributed by atoms with E-state index in [1.165, 1.54) is 12.1 Å². The third-order valence-corrected chi connectivity index (χ3v) is 3.51. The third kappa shape index (κ3) is 4.51. The average Bonchev–Trinajstić information content (AvgIpc) is 2.69. The Labute approximate surface area is 123 Å². The molecule has 2 N–H and O–H groups in total. The molecule has 114 valence electrons. The molecule has 2 rings (SSSR count). The number of nitro benzene ring substituents is 1. The zero-order chi connectivity index (χ0) is 15.2.